The number of fused-ring (bicyclic) bond motifs is 7. The minimum Gasteiger partial charge on any atom is -0.458 e. The Labute approximate surface area is 561 Å². The van der Waals surface area contributed by atoms with Crippen molar-refractivity contribution in [3.8, 4) is 23.2 Å². The molecule has 4 aromatic carbocycles. The standard InChI is InChI=1S/C75H81FN6O15/c1-3-75(93)59-41-64-72-57(45-82(64)73(91)58(59)46-97-74(75)92)70-51(23-26-56-47(2)60(76)42-62(80-72)71(56)70)40-54(84)18-11-32-77-66(87)29-27-65(86)61(39-48-13-5-4-6-14-48)79-68(89)28-24-55(85)43-78-67(88)31-34-95-36-38-96-37-35-94-33-12-19-53(83)25-30-69(90)81-44-52-17-8-7-15-49(52)21-22-50-16-9-10-20-63(50)81/h4-10,13-17,20,41-42,51,61,93H,3,11-12,18-19,23-40,43-46H2,1-2H3,(H,77,87)(H,78,88)(H,79,89)/t51-,61-,75+/m1/s1. The van der Waals surface area contributed by atoms with Crippen LogP contribution in [0.15, 0.2) is 95.8 Å². The summed E-state index contributed by atoms with van der Waals surface area (Å²) in [5.74, 6) is 2.45. The topological polar surface area (TPSA) is 285 Å². The Morgan fingerprint density at radius 2 is 1.39 bits per heavy atom. The van der Waals surface area contributed by atoms with Gasteiger partial charge in [-0.2, -0.15) is 0 Å². The first-order chi connectivity index (χ1) is 46.9. The highest BCUT2D eigenvalue weighted by molar-refractivity contribution is 5.98. The molecule has 0 unspecified atom stereocenters. The van der Waals surface area contributed by atoms with Gasteiger partial charge < -0.3 is 49.5 Å². The number of nitrogens with one attached hydrogen (secondary N) is 3. The maximum absolute atomic E-state index is 15.5. The highest BCUT2D eigenvalue weighted by atomic mass is 19.1. The Balaban J connectivity index is 0.580. The zero-order chi connectivity index (χ0) is 68.6. The van der Waals surface area contributed by atoms with Crippen LogP contribution in [0.25, 0.3) is 22.3 Å². The molecule has 0 saturated heterocycles. The van der Waals surface area contributed by atoms with Crippen LogP contribution in [0.4, 0.5) is 10.1 Å². The van der Waals surface area contributed by atoms with Crippen molar-refractivity contribution in [3.63, 3.8) is 0 Å². The number of aliphatic hydroxyl groups is 1. The summed E-state index contributed by atoms with van der Waals surface area (Å²) in [6.45, 7) is 4.93. The largest absolute Gasteiger partial charge is 0.458 e. The molecule has 0 bridgehead atoms. The summed E-state index contributed by atoms with van der Waals surface area (Å²) in [6.07, 6.45) is 1.97. The predicted molar refractivity (Wildman–Crippen MR) is 356 cm³/mol. The van der Waals surface area contributed by atoms with E-state index in [9.17, 15) is 53.1 Å². The van der Waals surface area contributed by atoms with E-state index in [0.29, 0.717) is 74.5 Å². The molecule has 0 radical (unpaired) electrons. The number of rotatable bonds is 35. The molecule has 10 rings (SSSR count). The number of hydrogen-bond donors (Lipinski definition) is 4. The molecular formula is C75H81FN6O15. The molecule has 0 spiro atoms. The van der Waals surface area contributed by atoms with Crippen molar-refractivity contribution in [1.29, 1.82) is 0 Å². The van der Waals surface area contributed by atoms with E-state index in [0.717, 1.165) is 50.0 Å². The highest BCUT2D eigenvalue weighted by Gasteiger charge is 2.46. The molecule has 0 fully saturated rings. The second-order valence-corrected chi connectivity index (χ2v) is 25.0. The van der Waals surface area contributed by atoms with Crippen molar-refractivity contribution in [2.75, 3.05) is 57.6 Å². The quantitative estimate of drug-likeness (QED) is 0.0170. The Morgan fingerprint density at radius 3 is 2.18 bits per heavy atom. The van der Waals surface area contributed by atoms with Gasteiger partial charge in [-0.05, 0) is 103 Å². The summed E-state index contributed by atoms with van der Waals surface area (Å²) in [6, 6.07) is 26.3. The lowest BCUT2D eigenvalue weighted by Gasteiger charge is -2.31. The summed E-state index contributed by atoms with van der Waals surface area (Å²) in [7, 11) is 0. The minimum absolute atomic E-state index is 0.0107. The fourth-order valence-corrected chi connectivity index (χ4v) is 13.0. The summed E-state index contributed by atoms with van der Waals surface area (Å²) >= 11 is 0. The van der Waals surface area contributed by atoms with Crippen molar-refractivity contribution >= 4 is 69.3 Å². The lowest BCUT2D eigenvalue weighted by molar-refractivity contribution is -0.172. The SMILES string of the molecule is CC[C@@]1(O)C(=O)OCc2c1cc1n(c2=O)Cc2c-1nc1cc(F)c(C)c3c1c2[C@@H](CC(=O)CCCNC(=O)CCC(=O)[C@@H](Cc1ccccc1)NC(=O)CCC(=O)CNC(=O)CCOCCOCCOCCCC(=O)CCC(=O)N1Cc2ccccc2C#Cc2ccccc21)CC3. The number of benzene rings is 4. The average molecular weight is 1330 g/mol. The molecular weight excluding hydrogens is 1240 g/mol. The molecule has 3 aliphatic heterocycles. The van der Waals surface area contributed by atoms with Crippen molar-refractivity contribution in [3.05, 3.63) is 163 Å². The number of aryl methyl sites for hydroxylation is 1. The van der Waals surface area contributed by atoms with Crippen LogP contribution < -0.4 is 26.4 Å². The monoisotopic (exact) mass is 1320 g/mol. The molecule has 1 aliphatic carbocycles. The summed E-state index contributed by atoms with van der Waals surface area (Å²) in [4.78, 5) is 138. The highest BCUT2D eigenvalue weighted by Crippen LogP contribution is 2.48. The lowest BCUT2D eigenvalue weighted by Crippen LogP contribution is -2.44. The molecule has 0 saturated carbocycles. The number of para-hydroxylation sites is 1. The third kappa shape index (κ3) is 17.4. The maximum Gasteiger partial charge on any atom is 0.343 e. The molecule has 6 aromatic rings. The third-order valence-corrected chi connectivity index (χ3v) is 18.4. The number of halogens is 1. The molecule has 5 heterocycles. The lowest BCUT2D eigenvalue weighted by atomic mass is 9.76. The number of nitrogens with zero attached hydrogens (tertiary/aromatic N) is 3. The zero-order valence-corrected chi connectivity index (χ0v) is 54.8. The Hall–Kier alpha value is -9.40. The molecule has 4 N–H and O–H groups in total. The number of carbonyl (C=O) groups is 9. The van der Waals surface area contributed by atoms with E-state index in [-0.39, 0.29) is 163 Å². The van der Waals surface area contributed by atoms with Gasteiger partial charge in [0.15, 0.2) is 17.2 Å². The molecule has 3 atom stereocenters. The number of ketones is 4. The van der Waals surface area contributed by atoms with E-state index in [1.54, 1.807) is 36.9 Å². The molecule has 22 heteroatoms. The fraction of sp³-hybridized carbons (Fsp3) is 0.427. The molecule has 2 aromatic heterocycles. The van der Waals surface area contributed by atoms with Crippen LogP contribution in [0.5, 0.6) is 0 Å². The molecule has 97 heavy (non-hydrogen) atoms. The van der Waals surface area contributed by atoms with Crippen LogP contribution in [0.1, 0.15) is 158 Å². The number of anilines is 1. The van der Waals surface area contributed by atoms with Crippen molar-refractivity contribution < 1.29 is 71.6 Å². The van der Waals surface area contributed by atoms with E-state index < -0.39 is 52.5 Å². The first-order valence-electron chi connectivity index (χ1n) is 33.4. The van der Waals surface area contributed by atoms with Crippen LogP contribution in [0, 0.1) is 24.6 Å². The van der Waals surface area contributed by atoms with Crippen LogP contribution in [0.3, 0.4) is 0 Å². The fourth-order valence-electron chi connectivity index (χ4n) is 13.0. The van der Waals surface area contributed by atoms with E-state index >= 15 is 4.39 Å². The second kappa shape index (κ2) is 33.0. The second-order valence-electron chi connectivity index (χ2n) is 25.0. The number of esters is 1. The molecule has 508 valence electrons. The van der Waals surface area contributed by atoms with E-state index in [4.69, 9.17) is 23.9 Å². The minimum atomic E-state index is -2.03. The van der Waals surface area contributed by atoms with Gasteiger partial charge in [-0.1, -0.05) is 79.4 Å². The summed E-state index contributed by atoms with van der Waals surface area (Å²) in [5, 5.41) is 20.3. The van der Waals surface area contributed by atoms with Gasteiger partial charge in [0.2, 0.25) is 23.6 Å². The normalized spacial score (nSPS) is 15.8. The molecule has 21 nitrogen and oxygen atoms in total. The average Bonchev–Trinajstić information content (AvgIpc) is 1.61. The van der Waals surface area contributed by atoms with Crippen molar-refractivity contribution in [1.82, 2.24) is 25.5 Å². The number of carbonyl (C=O) groups excluding carboxylic acids is 9. The van der Waals surface area contributed by atoms with Crippen LogP contribution in [-0.2, 0) is 100 Å². The first kappa shape index (κ1) is 70.4. The number of ether oxygens (including phenoxy) is 4. The summed E-state index contributed by atoms with van der Waals surface area (Å²) < 4.78 is 38.9. The zero-order valence-electron chi connectivity index (χ0n) is 54.8. The Bertz CT molecular complexity index is 4140. The first-order valence-corrected chi connectivity index (χ1v) is 33.4. The molecule has 4 amide bonds. The van der Waals surface area contributed by atoms with Gasteiger partial charge in [-0.3, -0.25) is 43.2 Å². The van der Waals surface area contributed by atoms with Gasteiger partial charge in [0.25, 0.3) is 5.56 Å². The number of cyclic esters (lactones) is 1. The van der Waals surface area contributed by atoms with Crippen LogP contribution in [-0.4, -0.2) is 126 Å². The van der Waals surface area contributed by atoms with Crippen molar-refractivity contribution in [2.45, 2.75) is 154 Å². The maximum atomic E-state index is 15.5. The molecule has 4 aliphatic rings. The smallest absolute Gasteiger partial charge is 0.343 e. The van der Waals surface area contributed by atoms with Gasteiger partial charge >= 0.3 is 5.97 Å². The summed E-state index contributed by atoms with van der Waals surface area (Å²) in [5.41, 5.74) is 5.99. The van der Waals surface area contributed by atoms with Crippen LogP contribution in [0.2, 0.25) is 0 Å². The van der Waals surface area contributed by atoms with Gasteiger partial charge in [-0.15, -0.1) is 0 Å². The van der Waals surface area contributed by atoms with Gasteiger partial charge in [0.05, 0.1) is 86.9 Å². The Kier molecular flexibility index (Phi) is 24.0. The predicted octanol–water partition coefficient (Wildman–Crippen LogP) is 7.47. The number of aromatic nitrogens is 2. The van der Waals surface area contributed by atoms with E-state index in [1.807, 2.05) is 66.7 Å². The van der Waals surface area contributed by atoms with Gasteiger partial charge in [0.1, 0.15) is 24.0 Å². The van der Waals surface area contributed by atoms with Crippen LogP contribution >= 0.6 is 0 Å². The van der Waals surface area contributed by atoms with Crippen molar-refractivity contribution in [2.24, 2.45) is 0 Å². The third-order valence-electron chi connectivity index (χ3n) is 18.4. The van der Waals surface area contributed by atoms with E-state index in [2.05, 4.69) is 27.8 Å². The number of amides is 4. The van der Waals surface area contributed by atoms with Gasteiger partial charge in [0, 0.05) is 111 Å². The Morgan fingerprint density at radius 1 is 0.711 bits per heavy atom. The van der Waals surface area contributed by atoms with E-state index in [1.165, 1.54) is 10.6 Å². The number of Topliss-reactive ketones (excluding diaryl/α,β-unsaturated/α-hetero) is 4. The van der Waals surface area contributed by atoms with Gasteiger partial charge in [-0.25, -0.2) is 14.2 Å². The number of hydrogen-bond acceptors (Lipinski definition) is 16. The number of pyridine rings is 2.